The first-order valence-electron chi connectivity index (χ1n) is 5.27. The summed E-state index contributed by atoms with van der Waals surface area (Å²) in [5, 5.41) is 0. The van der Waals surface area contributed by atoms with Crippen LogP contribution in [0.5, 0.6) is 0 Å². The van der Waals surface area contributed by atoms with E-state index in [2.05, 4.69) is 32.7 Å². The zero-order valence-corrected chi connectivity index (χ0v) is 12.1. The number of isocyanates is 1. The van der Waals surface area contributed by atoms with Crippen molar-refractivity contribution in [2.24, 2.45) is 4.99 Å². The molecule has 3 heteroatoms. The molecule has 0 spiro atoms. The van der Waals surface area contributed by atoms with Crippen LogP contribution in [0.15, 0.2) is 4.99 Å². The van der Waals surface area contributed by atoms with Crippen LogP contribution < -0.4 is 0 Å². The molecule has 0 amide bonds. The van der Waals surface area contributed by atoms with Crippen LogP contribution in [0.25, 0.3) is 0 Å². The Labute approximate surface area is 85.7 Å². The van der Waals surface area contributed by atoms with E-state index in [1.807, 2.05) is 0 Å². The second-order valence-electron chi connectivity index (χ2n) is 3.57. The van der Waals surface area contributed by atoms with Crippen molar-refractivity contribution in [3.05, 3.63) is 0 Å². The normalized spacial score (nSPS) is 13.5. The van der Waals surface area contributed by atoms with Crippen LogP contribution in [-0.4, -0.2) is 28.5 Å². The molecule has 13 heavy (non-hydrogen) atoms. The maximum atomic E-state index is 10.3. The van der Waals surface area contributed by atoms with Gasteiger partial charge in [0, 0.05) is 0 Å². The molecule has 0 aliphatic rings. The van der Waals surface area contributed by atoms with Gasteiger partial charge in [0.25, 0.3) is 0 Å². The molecule has 0 saturated carbocycles. The van der Waals surface area contributed by atoms with Gasteiger partial charge in [0.1, 0.15) is 0 Å². The number of carbonyl (C=O) groups excluding carboxylic acids is 1. The van der Waals surface area contributed by atoms with Gasteiger partial charge in [-0.05, 0) is 0 Å². The van der Waals surface area contributed by atoms with Crippen molar-refractivity contribution >= 4 is 24.5 Å². The molecule has 0 bridgehead atoms. The quantitative estimate of drug-likeness (QED) is 0.420. The molecule has 1 unspecified atom stereocenters. The number of hydrogen-bond donors (Lipinski definition) is 0. The summed E-state index contributed by atoms with van der Waals surface area (Å²) in [6, 6.07) is 0. The Hall–Kier alpha value is 0.179. The van der Waals surface area contributed by atoms with E-state index in [-0.39, 0.29) is 0 Å². The van der Waals surface area contributed by atoms with Gasteiger partial charge in [0.2, 0.25) is 0 Å². The fraction of sp³-hybridized carbons (Fsp3) is 0.900. The van der Waals surface area contributed by atoms with Crippen molar-refractivity contribution in [2.45, 2.75) is 51.5 Å². The SMILES string of the molecule is CC[CH](N=C=O)[Sn]([CH2]C)([CH2]C)[CH2]C. The number of nitrogens with zero attached hydrogens (tertiary/aromatic N) is 1. The van der Waals surface area contributed by atoms with Crippen molar-refractivity contribution in [2.75, 3.05) is 0 Å². The Balaban J connectivity index is 4.75. The monoisotopic (exact) mass is 291 g/mol. The molecule has 0 aromatic heterocycles. The van der Waals surface area contributed by atoms with Crippen LogP contribution >= 0.6 is 0 Å². The van der Waals surface area contributed by atoms with Crippen LogP contribution in [0.2, 0.25) is 13.3 Å². The first-order valence-corrected chi connectivity index (χ1v) is 13.0. The van der Waals surface area contributed by atoms with Crippen LogP contribution in [0.4, 0.5) is 0 Å². The van der Waals surface area contributed by atoms with Crippen molar-refractivity contribution in [1.82, 2.24) is 0 Å². The van der Waals surface area contributed by atoms with Gasteiger partial charge >= 0.3 is 85.7 Å². The van der Waals surface area contributed by atoms with E-state index in [0.29, 0.717) is 4.06 Å². The van der Waals surface area contributed by atoms with E-state index >= 15 is 0 Å². The minimum absolute atomic E-state index is 0.367. The molecular weight excluding hydrogens is 269 g/mol. The third kappa shape index (κ3) is 3.10. The average Bonchev–Trinajstić information content (AvgIpc) is 2.19. The van der Waals surface area contributed by atoms with E-state index < -0.39 is 18.4 Å². The van der Waals surface area contributed by atoms with Crippen molar-refractivity contribution in [3.63, 3.8) is 0 Å². The topological polar surface area (TPSA) is 29.4 Å². The van der Waals surface area contributed by atoms with Crippen LogP contribution in [0.1, 0.15) is 34.1 Å². The molecular formula is C10H21NOSn. The Morgan fingerprint density at radius 2 is 1.62 bits per heavy atom. The van der Waals surface area contributed by atoms with E-state index in [1.165, 1.54) is 13.3 Å². The standard InChI is InChI=1S/C4H6NO.3C2H5.Sn/c1-2-3-5-4-6;3*1-2;/h3H,2H2,1H3;3*1H2,2H3;. The summed E-state index contributed by atoms with van der Waals surface area (Å²) < 4.78 is 4.26. The molecule has 0 aromatic carbocycles. The zero-order valence-electron chi connectivity index (χ0n) is 9.26. The molecule has 0 aliphatic carbocycles. The van der Waals surface area contributed by atoms with Crippen LogP contribution in [0, 0.1) is 0 Å². The summed E-state index contributed by atoms with van der Waals surface area (Å²) in [5.74, 6) is 0. The van der Waals surface area contributed by atoms with Gasteiger partial charge in [-0.25, -0.2) is 0 Å². The van der Waals surface area contributed by atoms with Crippen molar-refractivity contribution < 1.29 is 4.79 Å². The number of aliphatic imine (C=N–C) groups is 1. The summed E-state index contributed by atoms with van der Waals surface area (Å²) in [4.78, 5) is 14.3. The molecule has 0 aliphatic heterocycles. The molecule has 2 nitrogen and oxygen atoms in total. The predicted octanol–water partition coefficient (Wildman–Crippen LogP) is 3.15. The van der Waals surface area contributed by atoms with E-state index in [0.717, 1.165) is 6.42 Å². The van der Waals surface area contributed by atoms with Crippen LogP contribution in [0.3, 0.4) is 0 Å². The molecule has 0 aromatic rings. The second kappa shape index (κ2) is 6.61. The average molecular weight is 290 g/mol. The molecule has 0 rings (SSSR count). The number of rotatable bonds is 6. The Morgan fingerprint density at radius 1 is 1.15 bits per heavy atom. The predicted molar refractivity (Wildman–Crippen MR) is 59.4 cm³/mol. The Bertz CT molecular complexity index is 175. The maximum absolute atomic E-state index is 10.3. The van der Waals surface area contributed by atoms with Crippen molar-refractivity contribution in [1.29, 1.82) is 0 Å². The van der Waals surface area contributed by atoms with E-state index in [4.69, 9.17) is 0 Å². The van der Waals surface area contributed by atoms with Crippen molar-refractivity contribution in [3.8, 4) is 0 Å². The van der Waals surface area contributed by atoms with E-state index in [9.17, 15) is 4.79 Å². The van der Waals surface area contributed by atoms with Gasteiger partial charge in [-0.3, -0.25) is 0 Å². The second-order valence-corrected chi connectivity index (χ2v) is 19.3. The fourth-order valence-electron chi connectivity index (χ4n) is 2.18. The first kappa shape index (κ1) is 13.2. The molecule has 76 valence electrons. The molecule has 0 radical (unpaired) electrons. The molecule has 0 fully saturated rings. The summed E-state index contributed by atoms with van der Waals surface area (Å²) in [6.45, 7) is 8.95. The fourth-order valence-corrected chi connectivity index (χ4v) is 13.9. The van der Waals surface area contributed by atoms with Crippen LogP contribution in [-0.2, 0) is 4.79 Å². The Kier molecular flexibility index (Phi) is 6.70. The summed E-state index contributed by atoms with van der Waals surface area (Å²) in [7, 11) is 0. The third-order valence-electron chi connectivity index (χ3n) is 3.41. The Morgan fingerprint density at radius 3 is 1.85 bits per heavy atom. The molecule has 0 heterocycles. The molecule has 0 N–H and O–H groups in total. The number of hydrogen-bond acceptors (Lipinski definition) is 2. The van der Waals surface area contributed by atoms with Gasteiger partial charge in [0.15, 0.2) is 0 Å². The third-order valence-corrected chi connectivity index (χ3v) is 21.0. The molecule has 0 saturated heterocycles. The summed E-state index contributed by atoms with van der Waals surface area (Å²) in [5.41, 5.74) is 0. The van der Waals surface area contributed by atoms with Gasteiger partial charge in [-0.15, -0.1) is 0 Å². The van der Waals surface area contributed by atoms with Gasteiger partial charge in [-0.1, -0.05) is 0 Å². The van der Waals surface area contributed by atoms with Gasteiger partial charge < -0.3 is 0 Å². The molecule has 1 atom stereocenters. The zero-order chi connectivity index (χ0) is 10.3. The van der Waals surface area contributed by atoms with E-state index in [1.54, 1.807) is 6.08 Å². The summed E-state index contributed by atoms with van der Waals surface area (Å²) in [6.07, 6.45) is 2.78. The minimum atomic E-state index is -2.07. The van der Waals surface area contributed by atoms with Gasteiger partial charge in [-0.2, -0.15) is 0 Å². The van der Waals surface area contributed by atoms with Gasteiger partial charge in [0.05, 0.1) is 0 Å². The first-order chi connectivity index (χ1) is 6.20. The summed E-state index contributed by atoms with van der Waals surface area (Å²) >= 11 is -2.07.